The first-order valence-corrected chi connectivity index (χ1v) is 8.79. The molecule has 3 heterocycles. The molecule has 26 heavy (non-hydrogen) atoms. The molecule has 0 aliphatic carbocycles. The van der Waals surface area contributed by atoms with Gasteiger partial charge < -0.3 is 4.74 Å². The van der Waals surface area contributed by atoms with Gasteiger partial charge in [-0.25, -0.2) is 4.79 Å². The van der Waals surface area contributed by atoms with Crippen LogP contribution in [0.15, 0.2) is 48.7 Å². The molecular weight excluding hydrogens is 328 g/mol. The second-order valence-corrected chi connectivity index (χ2v) is 7.29. The molecule has 134 valence electrons. The maximum absolute atomic E-state index is 12.7. The molecule has 0 saturated carbocycles. The average molecular weight is 350 g/mol. The quantitative estimate of drug-likeness (QED) is 0.680. The molecule has 1 aliphatic rings. The van der Waals surface area contributed by atoms with E-state index >= 15 is 0 Å². The average Bonchev–Trinajstić information content (AvgIpc) is 3.18. The SMILES string of the molecule is CN1CCC(OC(=O)c2ccc3nnc(-c4ccccc4)n3c2)C1(C)C. The lowest BCUT2D eigenvalue weighted by Gasteiger charge is -2.32. The molecule has 1 fully saturated rings. The number of likely N-dealkylation sites (N-methyl/N-ethyl adjacent to an activating group) is 1. The van der Waals surface area contributed by atoms with E-state index in [1.165, 1.54) is 0 Å². The summed E-state index contributed by atoms with van der Waals surface area (Å²) in [6.45, 7) is 5.14. The van der Waals surface area contributed by atoms with Crippen LogP contribution in [0, 0.1) is 0 Å². The Balaban J connectivity index is 1.64. The number of pyridine rings is 1. The van der Waals surface area contributed by atoms with Crippen molar-refractivity contribution >= 4 is 11.6 Å². The summed E-state index contributed by atoms with van der Waals surface area (Å²) in [6.07, 6.45) is 2.48. The molecule has 6 nitrogen and oxygen atoms in total. The van der Waals surface area contributed by atoms with Gasteiger partial charge in [0.25, 0.3) is 0 Å². The number of fused-ring (bicyclic) bond motifs is 1. The van der Waals surface area contributed by atoms with Crippen LogP contribution in [-0.2, 0) is 4.74 Å². The van der Waals surface area contributed by atoms with E-state index in [1.54, 1.807) is 18.3 Å². The lowest BCUT2D eigenvalue weighted by molar-refractivity contribution is 0.00434. The third-order valence-electron chi connectivity index (χ3n) is 5.42. The van der Waals surface area contributed by atoms with Gasteiger partial charge in [-0.05, 0) is 39.4 Å². The minimum atomic E-state index is -0.312. The Morgan fingerprint density at radius 3 is 2.62 bits per heavy atom. The van der Waals surface area contributed by atoms with Gasteiger partial charge in [-0.15, -0.1) is 10.2 Å². The van der Waals surface area contributed by atoms with E-state index in [2.05, 4.69) is 36.0 Å². The summed E-state index contributed by atoms with van der Waals surface area (Å²) in [7, 11) is 2.06. The van der Waals surface area contributed by atoms with E-state index in [9.17, 15) is 4.79 Å². The minimum Gasteiger partial charge on any atom is -0.457 e. The Hall–Kier alpha value is -2.73. The highest BCUT2D eigenvalue weighted by Crippen LogP contribution is 2.30. The Bertz CT molecular complexity index is 949. The first-order valence-electron chi connectivity index (χ1n) is 8.79. The fourth-order valence-electron chi connectivity index (χ4n) is 3.39. The van der Waals surface area contributed by atoms with Crippen LogP contribution in [0.4, 0.5) is 0 Å². The zero-order valence-corrected chi connectivity index (χ0v) is 15.2. The molecule has 0 bridgehead atoms. The summed E-state index contributed by atoms with van der Waals surface area (Å²) in [5.74, 6) is 0.393. The third-order valence-corrected chi connectivity index (χ3v) is 5.42. The fourth-order valence-corrected chi connectivity index (χ4v) is 3.39. The number of aromatic nitrogens is 3. The number of benzene rings is 1. The number of ether oxygens (including phenoxy) is 1. The first-order chi connectivity index (χ1) is 12.5. The van der Waals surface area contributed by atoms with Crippen LogP contribution >= 0.6 is 0 Å². The minimum absolute atomic E-state index is 0.120. The number of likely N-dealkylation sites (tertiary alicyclic amines) is 1. The van der Waals surface area contributed by atoms with Crippen molar-refractivity contribution < 1.29 is 9.53 Å². The molecule has 1 unspecified atom stereocenters. The molecule has 3 aromatic rings. The van der Waals surface area contributed by atoms with Crippen LogP contribution in [0.1, 0.15) is 30.6 Å². The van der Waals surface area contributed by atoms with E-state index in [1.807, 2.05) is 34.7 Å². The monoisotopic (exact) mass is 350 g/mol. The van der Waals surface area contributed by atoms with Gasteiger partial charge in [0.2, 0.25) is 0 Å². The van der Waals surface area contributed by atoms with Crippen LogP contribution in [-0.4, -0.2) is 50.7 Å². The van der Waals surface area contributed by atoms with Crippen molar-refractivity contribution in [3.63, 3.8) is 0 Å². The largest absolute Gasteiger partial charge is 0.457 e. The van der Waals surface area contributed by atoms with Crippen molar-refractivity contribution in [2.45, 2.75) is 31.9 Å². The Morgan fingerprint density at radius 2 is 1.92 bits per heavy atom. The first kappa shape index (κ1) is 16.7. The molecule has 1 atom stereocenters. The zero-order valence-electron chi connectivity index (χ0n) is 15.2. The van der Waals surface area contributed by atoms with Gasteiger partial charge in [0.15, 0.2) is 11.5 Å². The highest BCUT2D eigenvalue weighted by molar-refractivity contribution is 5.89. The summed E-state index contributed by atoms with van der Waals surface area (Å²) in [6, 6.07) is 13.3. The molecule has 6 heteroatoms. The highest BCUT2D eigenvalue weighted by Gasteiger charge is 2.41. The second-order valence-electron chi connectivity index (χ2n) is 7.29. The number of rotatable bonds is 3. The number of hydrogen-bond donors (Lipinski definition) is 0. The third kappa shape index (κ3) is 2.76. The molecular formula is C20H22N4O2. The van der Waals surface area contributed by atoms with E-state index < -0.39 is 0 Å². The van der Waals surface area contributed by atoms with Gasteiger partial charge in [-0.1, -0.05) is 30.3 Å². The van der Waals surface area contributed by atoms with Crippen LogP contribution in [0.25, 0.3) is 17.0 Å². The lowest BCUT2D eigenvalue weighted by Crippen LogP contribution is -2.44. The molecule has 1 aromatic carbocycles. The molecule has 0 amide bonds. The molecule has 4 rings (SSSR count). The van der Waals surface area contributed by atoms with Gasteiger partial charge in [-0.3, -0.25) is 9.30 Å². The normalized spacial score (nSPS) is 19.7. The summed E-state index contributed by atoms with van der Waals surface area (Å²) >= 11 is 0. The predicted molar refractivity (Wildman–Crippen MR) is 99.0 cm³/mol. The van der Waals surface area contributed by atoms with Gasteiger partial charge >= 0.3 is 5.97 Å². The van der Waals surface area contributed by atoms with Gasteiger partial charge in [0, 0.05) is 18.3 Å². The van der Waals surface area contributed by atoms with Crippen molar-refractivity contribution in [2.24, 2.45) is 0 Å². The summed E-state index contributed by atoms with van der Waals surface area (Å²) < 4.78 is 7.65. The van der Waals surface area contributed by atoms with Crippen molar-refractivity contribution in [3.05, 3.63) is 54.2 Å². The van der Waals surface area contributed by atoms with Crippen LogP contribution < -0.4 is 0 Å². The number of nitrogens with zero attached hydrogens (tertiary/aromatic N) is 4. The van der Waals surface area contributed by atoms with Gasteiger partial charge in [0.05, 0.1) is 11.1 Å². The van der Waals surface area contributed by atoms with E-state index in [-0.39, 0.29) is 17.6 Å². The van der Waals surface area contributed by atoms with Crippen LogP contribution in [0.5, 0.6) is 0 Å². The number of esters is 1. The van der Waals surface area contributed by atoms with E-state index in [4.69, 9.17) is 4.74 Å². The number of carbonyl (C=O) groups is 1. The zero-order chi connectivity index (χ0) is 18.3. The topological polar surface area (TPSA) is 59.7 Å². The standard InChI is InChI=1S/C20H22N4O2/c1-20(2)16(11-12-23(20)3)26-19(25)15-9-10-17-21-22-18(24(17)13-15)14-7-5-4-6-8-14/h4-10,13,16H,11-12H2,1-3H3. The Labute approximate surface area is 152 Å². The van der Waals surface area contributed by atoms with Crippen LogP contribution in [0.2, 0.25) is 0 Å². The smallest absolute Gasteiger partial charge is 0.339 e. The second kappa shape index (κ2) is 6.21. The molecule has 1 aliphatic heterocycles. The summed E-state index contributed by atoms with van der Waals surface area (Å²) in [5, 5.41) is 8.44. The Morgan fingerprint density at radius 1 is 1.15 bits per heavy atom. The van der Waals surface area contributed by atoms with Crippen LogP contribution in [0.3, 0.4) is 0 Å². The molecule has 0 spiro atoms. The highest BCUT2D eigenvalue weighted by atomic mass is 16.5. The van der Waals surface area contributed by atoms with Crippen molar-refractivity contribution in [2.75, 3.05) is 13.6 Å². The molecule has 0 radical (unpaired) electrons. The lowest BCUT2D eigenvalue weighted by atomic mass is 9.99. The number of carbonyl (C=O) groups excluding carboxylic acids is 1. The number of hydrogen-bond acceptors (Lipinski definition) is 5. The fraction of sp³-hybridized carbons (Fsp3) is 0.350. The predicted octanol–water partition coefficient (Wildman–Crippen LogP) is 3.04. The van der Waals surface area contributed by atoms with Crippen molar-refractivity contribution in [1.82, 2.24) is 19.5 Å². The molecule has 0 N–H and O–H groups in total. The van der Waals surface area contributed by atoms with Crippen molar-refractivity contribution in [3.8, 4) is 11.4 Å². The maximum Gasteiger partial charge on any atom is 0.339 e. The Kier molecular flexibility index (Phi) is 4.00. The molecule has 2 aromatic heterocycles. The summed E-state index contributed by atoms with van der Waals surface area (Å²) in [4.78, 5) is 14.9. The summed E-state index contributed by atoms with van der Waals surface area (Å²) in [5.41, 5.74) is 1.98. The molecule has 1 saturated heterocycles. The van der Waals surface area contributed by atoms with Gasteiger partial charge in [-0.2, -0.15) is 0 Å². The maximum atomic E-state index is 12.7. The van der Waals surface area contributed by atoms with Crippen molar-refractivity contribution in [1.29, 1.82) is 0 Å². The van der Waals surface area contributed by atoms with Gasteiger partial charge in [0.1, 0.15) is 6.10 Å². The van der Waals surface area contributed by atoms with E-state index in [0.29, 0.717) is 17.0 Å². The van der Waals surface area contributed by atoms with E-state index in [0.717, 1.165) is 18.5 Å².